The van der Waals surface area contributed by atoms with Gasteiger partial charge in [-0.15, -0.1) is 0 Å². The minimum absolute atomic E-state index is 0.00497. The number of nitrogens with one attached hydrogen (secondary N) is 2. The second kappa shape index (κ2) is 7.84. The summed E-state index contributed by atoms with van der Waals surface area (Å²) in [5.74, 6) is 0.995. The standard InChI is InChI=1S/C19H18ClN5O/c1-12(26)14-3-2-4-16(9-14)25-19-17(21)18(23-11-24-19)22-10-13-5-7-15(20)8-6-13/h2-9,11H,10,21H2,1H3,(H2,22,23,24,25). The molecule has 1 heterocycles. The highest BCUT2D eigenvalue weighted by Gasteiger charge is 2.09. The number of rotatable bonds is 6. The van der Waals surface area contributed by atoms with Crippen molar-refractivity contribution in [3.8, 4) is 0 Å². The van der Waals surface area contributed by atoms with Crippen LogP contribution in [0.15, 0.2) is 54.9 Å². The zero-order valence-corrected chi connectivity index (χ0v) is 14.9. The molecule has 3 aromatic rings. The van der Waals surface area contributed by atoms with E-state index in [1.54, 1.807) is 18.2 Å². The third-order valence-corrected chi connectivity index (χ3v) is 4.04. The van der Waals surface area contributed by atoms with Gasteiger partial charge < -0.3 is 16.4 Å². The zero-order chi connectivity index (χ0) is 18.5. The fourth-order valence-electron chi connectivity index (χ4n) is 2.38. The van der Waals surface area contributed by atoms with Crippen molar-refractivity contribution < 1.29 is 4.79 Å². The van der Waals surface area contributed by atoms with Gasteiger partial charge in [-0.1, -0.05) is 35.9 Å². The van der Waals surface area contributed by atoms with E-state index in [0.29, 0.717) is 34.5 Å². The molecule has 0 aliphatic carbocycles. The minimum Gasteiger partial charge on any atom is -0.393 e. The second-order valence-corrected chi connectivity index (χ2v) is 6.16. The Kier molecular flexibility index (Phi) is 5.34. The van der Waals surface area contributed by atoms with E-state index in [0.717, 1.165) is 11.3 Å². The summed E-state index contributed by atoms with van der Waals surface area (Å²) in [7, 11) is 0. The minimum atomic E-state index is -0.00497. The molecule has 2 aromatic carbocycles. The summed E-state index contributed by atoms with van der Waals surface area (Å²) in [5.41, 5.74) is 8.97. The number of nitrogens with zero attached hydrogens (tertiary/aromatic N) is 2. The Morgan fingerprint density at radius 3 is 2.58 bits per heavy atom. The van der Waals surface area contributed by atoms with Crippen LogP contribution in [0.25, 0.3) is 0 Å². The lowest BCUT2D eigenvalue weighted by atomic mass is 10.1. The van der Waals surface area contributed by atoms with E-state index in [1.807, 2.05) is 30.3 Å². The highest BCUT2D eigenvalue weighted by Crippen LogP contribution is 2.26. The molecule has 0 fully saturated rings. The normalized spacial score (nSPS) is 10.4. The van der Waals surface area contributed by atoms with E-state index in [1.165, 1.54) is 13.3 Å². The molecule has 0 radical (unpaired) electrons. The molecule has 0 bridgehead atoms. The van der Waals surface area contributed by atoms with Crippen LogP contribution >= 0.6 is 11.6 Å². The molecular weight excluding hydrogens is 350 g/mol. The predicted octanol–water partition coefficient (Wildman–Crippen LogP) is 4.27. The first kappa shape index (κ1) is 17.7. The number of aromatic nitrogens is 2. The first-order valence-corrected chi connectivity index (χ1v) is 8.37. The van der Waals surface area contributed by atoms with Gasteiger partial charge in [0.05, 0.1) is 0 Å². The van der Waals surface area contributed by atoms with Crippen molar-refractivity contribution in [1.29, 1.82) is 0 Å². The molecule has 0 saturated carbocycles. The van der Waals surface area contributed by atoms with Crippen LogP contribution in [-0.2, 0) is 6.54 Å². The van der Waals surface area contributed by atoms with E-state index < -0.39 is 0 Å². The Morgan fingerprint density at radius 2 is 1.85 bits per heavy atom. The van der Waals surface area contributed by atoms with Gasteiger partial charge in [0.2, 0.25) is 0 Å². The number of halogens is 1. The van der Waals surface area contributed by atoms with Crippen LogP contribution in [0.2, 0.25) is 5.02 Å². The fraction of sp³-hybridized carbons (Fsp3) is 0.105. The van der Waals surface area contributed by atoms with Gasteiger partial charge in [-0.05, 0) is 36.8 Å². The van der Waals surface area contributed by atoms with Crippen LogP contribution in [0.3, 0.4) is 0 Å². The number of nitrogens with two attached hydrogens (primary N) is 1. The topological polar surface area (TPSA) is 92.9 Å². The molecular formula is C19H18ClN5O. The molecule has 3 rings (SSSR count). The molecule has 0 amide bonds. The number of ketones is 1. The maximum Gasteiger partial charge on any atom is 0.159 e. The maximum absolute atomic E-state index is 11.5. The Hall–Kier alpha value is -3.12. The number of nitrogen functional groups attached to an aromatic ring is 1. The third-order valence-electron chi connectivity index (χ3n) is 3.79. The summed E-state index contributed by atoms with van der Waals surface area (Å²) in [6.07, 6.45) is 1.43. The molecule has 0 aliphatic rings. The van der Waals surface area contributed by atoms with Crippen molar-refractivity contribution in [3.05, 3.63) is 71.0 Å². The molecule has 0 spiro atoms. The molecule has 132 valence electrons. The van der Waals surface area contributed by atoms with Crippen molar-refractivity contribution in [2.24, 2.45) is 0 Å². The number of Topliss-reactive ketones (excluding diaryl/α,β-unsaturated/α-hetero) is 1. The summed E-state index contributed by atoms with van der Waals surface area (Å²) in [4.78, 5) is 19.9. The van der Waals surface area contributed by atoms with E-state index in [9.17, 15) is 4.79 Å². The molecule has 0 atom stereocenters. The van der Waals surface area contributed by atoms with Crippen molar-refractivity contribution in [3.63, 3.8) is 0 Å². The van der Waals surface area contributed by atoms with Gasteiger partial charge in [0.1, 0.15) is 12.0 Å². The van der Waals surface area contributed by atoms with Crippen molar-refractivity contribution in [2.75, 3.05) is 16.4 Å². The van der Waals surface area contributed by atoms with Crippen LogP contribution in [0.5, 0.6) is 0 Å². The Labute approximate surface area is 156 Å². The van der Waals surface area contributed by atoms with Crippen molar-refractivity contribution >= 4 is 40.4 Å². The number of carbonyl (C=O) groups is 1. The Balaban J connectivity index is 1.75. The highest BCUT2D eigenvalue weighted by molar-refractivity contribution is 6.30. The summed E-state index contributed by atoms with van der Waals surface area (Å²) in [6.45, 7) is 2.08. The average Bonchev–Trinajstić information content (AvgIpc) is 2.64. The van der Waals surface area contributed by atoms with Gasteiger partial charge in [-0.2, -0.15) is 0 Å². The van der Waals surface area contributed by atoms with E-state index in [-0.39, 0.29) is 5.78 Å². The van der Waals surface area contributed by atoms with Gasteiger partial charge in [0.25, 0.3) is 0 Å². The quantitative estimate of drug-likeness (QED) is 0.563. The second-order valence-electron chi connectivity index (χ2n) is 5.73. The van der Waals surface area contributed by atoms with Crippen LogP contribution in [0.4, 0.5) is 23.0 Å². The van der Waals surface area contributed by atoms with Crippen LogP contribution in [0, 0.1) is 0 Å². The fourth-order valence-corrected chi connectivity index (χ4v) is 2.50. The summed E-state index contributed by atoms with van der Waals surface area (Å²) in [5, 5.41) is 7.01. The van der Waals surface area contributed by atoms with Gasteiger partial charge >= 0.3 is 0 Å². The van der Waals surface area contributed by atoms with Crippen LogP contribution in [-0.4, -0.2) is 15.8 Å². The first-order valence-electron chi connectivity index (χ1n) is 8.00. The number of hydrogen-bond donors (Lipinski definition) is 3. The van der Waals surface area contributed by atoms with E-state index >= 15 is 0 Å². The zero-order valence-electron chi connectivity index (χ0n) is 14.2. The molecule has 26 heavy (non-hydrogen) atoms. The number of benzene rings is 2. The van der Waals surface area contributed by atoms with Crippen LogP contribution in [0.1, 0.15) is 22.8 Å². The largest absolute Gasteiger partial charge is 0.393 e. The smallest absolute Gasteiger partial charge is 0.159 e. The highest BCUT2D eigenvalue weighted by atomic mass is 35.5. The first-order chi connectivity index (χ1) is 12.5. The Bertz CT molecular complexity index is 927. The monoisotopic (exact) mass is 367 g/mol. The molecule has 7 heteroatoms. The SMILES string of the molecule is CC(=O)c1cccc(Nc2ncnc(NCc3ccc(Cl)cc3)c2N)c1. The van der Waals surface area contributed by atoms with Gasteiger partial charge in [-0.25, -0.2) is 9.97 Å². The molecule has 0 aliphatic heterocycles. The molecule has 4 N–H and O–H groups in total. The lowest BCUT2D eigenvalue weighted by molar-refractivity contribution is 0.101. The van der Waals surface area contributed by atoms with E-state index in [4.69, 9.17) is 17.3 Å². The van der Waals surface area contributed by atoms with Crippen LogP contribution < -0.4 is 16.4 Å². The third kappa shape index (κ3) is 4.29. The van der Waals surface area contributed by atoms with Gasteiger partial charge in [0, 0.05) is 22.8 Å². The van der Waals surface area contributed by atoms with Crippen molar-refractivity contribution in [2.45, 2.75) is 13.5 Å². The lowest BCUT2D eigenvalue weighted by Crippen LogP contribution is -2.08. The predicted molar refractivity (Wildman–Crippen MR) is 105 cm³/mol. The molecule has 1 aromatic heterocycles. The summed E-state index contributed by atoms with van der Waals surface area (Å²) >= 11 is 5.89. The summed E-state index contributed by atoms with van der Waals surface area (Å²) < 4.78 is 0. The number of anilines is 4. The maximum atomic E-state index is 11.5. The van der Waals surface area contributed by atoms with Crippen molar-refractivity contribution in [1.82, 2.24) is 9.97 Å². The lowest BCUT2D eigenvalue weighted by Gasteiger charge is -2.13. The molecule has 0 saturated heterocycles. The molecule has 0 unspecified atom stereocenters. The Morgan fingerprint density at radius 1 is 1.12 bits per heavy atom. The number of hydrogen-bond acceptors (Lipinski definition) is 6. The summed E-state index contributed by atoms with van der Waals surface area (Å²) in [6, 6.07) is 14.7. The van der Waals surface area contributed by atoms with Gasteiger partial charge in [0.15, 0.2) is 17.4 Å². The number of carbonyl (C=O) groups excluding carboxylic acids is 1. The van der Waals surface area contributed by atoms with Gasteiger partial charge in [-0.3, -0.25) is 4.79 Å². The van der Waals surface area contributed by atoms with E-state index in [2.05, 4.69) is 20.6 Å². The average molecular weight is 368 g/mol. The molecule has 6 nitrogen and oxygen atoms in total.